The highest BCUT2D eigenvalue weighted by molar-refractivity contribution is 5.79. The van der Waals surface area contributed by atoms with Crippen molar-refractivity contribution in [2.75, 3.05) is 13.2 Å². The summed E-state index contributed by atoms with van der Waals surface area (Å²) in [5.74, 6) is -0.0150. The van der Waals surface area contributed by atoms with Gasteiger partial charge in [0.05, 0.1) is 5.56 Å². The molecule has 1 amide bonds. The van der Waals surface area contributed by atoms with Crippen molar-refractivity contribution < 1.29 is 22.7 Å². The van der Waals surface area contributed by atoms with Crippen LogP contribution >= 0.6 is 0 Å². The molecule has 0 aliphatic heterocycles. The summed E-state index contributed by atoms with van der Waals surface area (Å²) in [5.41, 5.74) is 4.73. The van der Waals surface area contributed by atoms with Crippen molar-refractivity contribution in [3.05, 3.63) is 101 Å². The number of rotatable bonds is 5. The van der Waals surface area contributed by atoms with Crippen molar-refractivity contribution >= 4 is 12.2 Å². The van der Waals surface area contributed by atoms with Crippen LogP contribution in [0.5, 0.6) is 0 Å². The molecule has 0 atom stereocenters. The Morgan fingerprint density at radius 2 is 1.62 bits per heavy atom. The smallest absolute Gasteiger partial charge is 0.416 e. The molecule has 3 nitrogen and oxygen atoms in total. The van der Waals surface area contributed by atoms with Gasteiger partial charge in [0.25, 0.3) is 0 Å². The van der Waals surface area contributed by atoms with Gasteiger partial charge in [0, 0.05) is 12.5 Å². The molecule has 0 saturated heterocycles. The Labute approximate surface area is 184 Å². The summed E-state index contributed by atoms with van der Waals surface area (Å²) in [6.07, 6.45) is -1.57. The van der Waals surface area contributed by atoms with Crippen LogP contribution in [0, 0.1) is 6.92 Å². The lowest BCUT2D eigenvalue weighted by Crippen LogP contribution is -2.26. The van der Waals surface area contributed by atoms with Crippen molar-refractivity contribution in [3.8, 4) is 11.1 Å². The minimum atomic E-state index is -4.36. The van der Waals surface area contributed by atoms with Gasteiger partial charge in [-0.25, -0.2) is 4.79 Å². The molecule has 4 rings (SSSR count). The number of aryl methyl sites for hydroxylation is 1. The average Bonchev–Trinajstić information content (AvgIpc) is 3.08. The number of carbonyl (C=O) groups is 1. The highest BCUT2D eigenvalue weighted by atomic mass is 19.4. The number of ether oxygens (including phenoxy) is 1. The van der Waals surface area contributed by atoms with Crippen molar-refractivity contribution in [2.24, 2.45) is 0 Å². The van der Waals surface area contributed by atoms with Crippen LogP contribution in [0.3, 0.4) is 0 Å². The second-order valence-electron chi connectivity index (χ2n) is 7.68. The Morgan fingerprint density at radius 3 is 2.22 bits per heavy atom. The molecule has 0 radical (unpaired) electrons. The Bertz CT molecular complexity index is 1120. The van der Waals surface area contributed by atoms with Gasteiger partial charge in [-0.2, -0.15) is 13.2 Å². The van der Waals surface area contributed by atoms with Gasteiger partial charge in [0.1, 0.15) is 6.61 Å². The van der Waals surface area contributed by atoms with Crippen LogP contribution in [0.25, 0.3) is 17.2 Å². The topological polar surface area (TPSA) is 38.3 Å². The monoisotopic (exact) mass is 437 g/mol. The molecule has 1 aliphatic carbocycles. The third kappa shape index (κ3) is 4.54. The van der Waals surface area contributed by atoms with E-state index in [-0.39, 0.29) is 24.6 Å². The molecule has 0 fully saturated rings. The van der Waals surface area contributed by atoms with E-state index in [1.807, 2.05) is 24.3 Å². The van der Waals surface area contributed by atoms with Crippen molar-refractivity contribution in [1.29, 1.82) is 0 Å². The molecular weight excluding hydrogens is 415 g/mol. The maximum atomic E-state index is 12.8. The SMILES string of the molecule is Cc1cc(C=CCNC(=O)OCC2c3ccccc3-c3ccccc32)ccc1C(F)(F)F. The minimum absolute atomic E-state index is 0.0150. The maximum absolute atomic E-state index is 12.8. The number of hydrogen-bond acceptors (Lipinski definition) is 2. The summed E-state index contributed by atoms with van der Waals surface area (Å²) in [6.45, 7) is 1.85. The number of alkyl carbamates (subject to hydrolysis) is 1. The zero-order chi connectivity index (χ0) is 22.7. The van der Waals surface area contributed by atoms with Crippen molar-refractivity contribution in [3.63, 3.8) is 0 Å². The van der Waals surface area contributed by atoms with Gasteiger partial charge >= 0.3 is 12.3 Å². The number of fused-ring (bicyclic) bond motifs is 3. The van der Waals surface area contributed by atoms with Crippen LogP contribution in [0.4, 0.5) is 18.0 Å². The number of alkyl halides is 3. The normalized spacial score (nSPS) is 13.1. The van der Waals surface area contributed by atoms with Gasteiger partial charge < -0.3 is 10.1 Å². The van der Waals surface area contributed by atoms with Crippen LogP contribution in [0.1, 0.15) is 33.7 Å². The molecule has 1 N–H and O–H groups in total. The van der Waals surface area contributed by atoms with E-state index in [9.17, 15) is 18.0 Å². The van der Waals surface area contributed by atoms with E-state index in [4.69, 9.17) is 4.74 Å². The van der Waals surface area contributed by atoms with E-state index in [0.717, 1.165) is 28.3 Å². The fourth-order valence-corrected chi connectivity index (χ4v) is 4.10. The second kappa shape index (κ2) is 8.91. The summed E-state index contributed by atoms with van der Waals surface area (Å²) in [6, 6.07) is 20.1. The Balaban J connectivity index is 1.31. The standard InChI is InChI=1S/C26H22F3NO2/c1-17-15-18(12-13-24(17)26(27,28)29)7-6-14-30-25(31)32-16-23-21-10-4-2-8-19(21)20-9-3-5-11-22(20)23/h2-13,15,23H,14,16H2,1H3,(H,30,31). The van der Waals surface area contributed by atoms with E-state index >= 15 is 0 Å². The van der Waals surface area contributed by atoms with Crippen molar-refractivity contribution in [2.45, 2.75) is 19.0 Å². The minimum Gasteiger partial charge on any atom is -0.449 e. The van der Waals surface area contributed by atoms with Gasteiger partial charge in [-0.15, -0.1) is 0 Å². The first-order valence-electron chi connectivity index (χ1n) is 10.3. The fourth-order valence-electron chi connectivity index (χ4n) is 4.10. The summed E-state index contributed by atoms with van der Waals surface area (Å²) >= 11 is 0. The summed E-state index contributed by atoms with van der Waals surface area (Å²) in [4.78, 5) is 12.2. The van der Waals surface area contributed by atoms with Crippen LogP contribution < -0.4 is 5.32 Å². The molecule has 0 aromatic heterocycles. The van der Waals surface area contributed by atoms with Crippen LogP contribution in [0.15, 0.2) is 72.8 Å². The number of hydrogen-bond donors (Lipinski definition) is 1. The molecule has 0 saturated carbocycles. The third-order valence-corrected chi connectivity index (χ3v) is 5.57. The predicted octanol–water partition coefficient (Wildman–Crippen LogP) is 6.57. The summed E-state index contributed by atoms with van der Waals surface area (Å²) in [7, 11) is 0. The second-order valence-corrected chi connectivity index (χ2v) is 7.68. The first kappa shape index (κ1) is 21.7. The number of carbonyl (C=O) groups excluding carboxylic acids is 1. The number of halogens is 3. The molecule has 0 unspecified atom stereocenters. The first-order chi connectivity index (χ1) is 15.3. The van der Waals surface area contributed by atoms with Gasteiger partial charge in [0.2, 0.25) is 0 Å². The predicted molar refractivity (Wildman–Crippen MR) is 118 cm³/mol. The fraction of sp³-hybridized carbons (Fsp3) is 0.192. The Kier molecular flexibility index (Phi) is 6.04. The van der Waals surface area contributed by atoms with E-state index < -0.39 is 17.8 Å². The molecule has 164 valence electrons. The highest BCUT2D eigenvalue weighted by Gasteiger charge is 2.32. The Morgan fingerprint density at radius 1 is 1.00 bits per heavy atom. The molecular formula is C26H22F3NO2. The van der Waals surface area contributed by atoms with Gasteiger partial charge in [-0.3, -0.25) is 0 Å². The summed E-state index contributed by atoms with van der Waals surface area (Å²) < 4.78 is 44.0. The van der Waals surface area contributed by atoms with Crippen LogP contribution in [-0.2, 0) is 10.9 Å². The van der Waals surface area contributed by atoms with E-state index in [2.05, 4.69) is 29.6 Å². The lowest BCUT2D eigenvalue weighted by atomic mass is 9.98. The molecule has 32 heavy (non-hydrogen) atoms. The maximum Gasteiger partial charge on any atom is 0.416 e. The van der Waals surface area contributed by atoms with Gasteiger partial charge in [-0.1, -0.05) is 72.8 Å². The van der Waals surface area contributed by atoms with Crippen molar-refractivity contribution in [1.82, 2.24) is 5.32 Å². The quantitative estimate of drug-likeness (QED) is 0.491. The molecule has 1 aliphatic rings. The zero-order valence-electron chi connectivity index (χ0n) is 17.4. The van der Waals surface area contributed by atoms with E-state index in [1.165, 1.54) is 19.1 Å². The first-order valence-corrected chi connectivity index (χ1v) is 10.3. The summed E-state index contributed by atoms with van der Waals surface area (Å²) in [5, 5.41) is 2.65. The van der Waals surface area contributed by atoms with Gasteiger partial charge in [0.15, 0.2) is 0 Å². The lowest BCUT2D eigenvalue weighted by molar-refractivity contribution is -0.138. The Hall–Kier alpha value is -3.54. The van der Waals surface area contributed by atoms with E-state index in [1.54, 1.807) is 12.2 Å². The number of nitrogens with one attached hydrogen (secondary N) is 1. The molecule has 0 heterocycles. The van der Waals surface area contributed by atoms with E-state index in [0.29, 0.717) is 5.56 Å². The zero-order valence-corrected chi connectivity index (χ0v) is 17.4. The molecule has 3 aromatic carbocycles. The molecule has 0 bridgehead atoms. The number of amides is 1. The number of benzene rings is 3. The van der Waals surface area contributed by atoms with Crippen LogP contribution in [-0.4, -0.2) is 19.2 Å². The van der Waals surface area contributed by atoms with Gasteiger partial charge in [-0.05, 0) is 46.4 Å². The molecule has 6 heteroatoms. The average molecular weight is 437 g/mol. The lowest BCUT2D eigenvalue weighted by Gasteiger charge is -2.14. The van der Waals surface area contributed by atoms with Crippen LogP contribution in [0.2, 0.25) is 0 Å². The molecule has 0 spiro atoms. The molecule has 3 aromatic rings. The largest absolute Gasteiger partial charge is 0.449 e. The third-order valence-electron chi connectivity index (χ3n) is 5.57. The highest BCUT2D eigenvalue weighted by Crippen LogP contribution is 2.44.